The van der Waals surface area contributed by atoms with Crippen molar-refractivity contribution in [1.82, 2.24) is 9.55 Å². The average molecular weight is 463 g/mol. The zero-order valence-corrected chi connectivity index (χ0v) is 19.1. The summed E-state index contributed by atoms with van der Waals surface area (Å²) in [6.07, 6.45) is 2.07. The van der Waals surface area contributed by atoms with Crippen LogP contribution in [0.25, 0.3) is 10.2 Å². The van der Waals surface area contributed by atoms with E-state index in [0.29, 0.717) is 32.6 Å². The standard InChI is InChI=1S/C25H22N2O5S/c1-16-20-22(33-21(16)25(30)32-12-11-17-7-4-3-5-8-17)26-15-27(23(20)28)14-18-9-6-10-19(13-18)24(29)31-2/h3-10,13,15H,11-12,14H2,1-2H3. The van der Waals surface area contributed by atoms with Crippen molar-refractivity contribution in [2.45, 2.75) is 19.9 Å². The van der Waals surface area contributed by atoms with Crippen molar-refractivity contribution in [3.8, 4) is 0 Å². The molecule has 0 N–H and O–H groups in total. The van der Waals surface area contributed by atoms with Gasteiger partial charge in [0.1, 0.15) is 9.71 Å². The van der Waals surface area contributed by atoms with Gasteiger partial charge in [0.2, 0.25) is 0 Å². The van der Waals surface area contributed by atoms with Gasteiger partial charge < -0.3 is 9.47 Å². The van der Waals surface area contributed by atoms with E-state index >= 15 is 0 Å². The van der Waals surface area contributed by atoms with Crippen molar-refractivity contribution in [2.75, 3.05) is 13.7 Å². The van der Waals surface area contributed by atoms with E-state index in [2.05, 4.69) is 4.98 Å². The van der Waals surface area contributed by atoms with Crippen molar-refractivity contribution < 1.29 is 19.1 Å². The van der Waals surface area contributed by atoms with Crippen molar-refractivity contribution in [1.29, 1.82) is 0 Å². The fraction of sp³-hybridized carbons (Fsp3) is 0.200. The first-order chi connectivity index (χ1) is 16.0. The highest BCUT2D eigenvalue weighted by atomic mass is 32.1. The Bertz CT molecular complexity index is 1370. The average Bonchev–Trinajstić information content (AvgIpc) is 3.18. The molecule has 0 aliphatic carbocycles. The molecule has 7 nitrogen and oxygen atoms in total. The van der Waals surface area contributed by atoms with Gasteiger partial charge in [-0.1, -0.05) is 42.5 Å². The second-order valence-electron chi connectivity index (χ2n) is 7.48. The zero-order valence-electron chi connectivity index (χ0n) is 18.2. The molecular formula is C25H22N2O5S. The summed E-state index contributed by atoms with van der Waals surface area (Å²) < 4.78 is 11.7. The molecule has 33 heavy (non-hydrogen) atoms. The van der Waals surface area contributed by atoms with Crippen LogP contribution in [-0.4, -0.2) is 35.2 Å². The van der Waals surface area contributed by atoms with Gasteiger partial charge in [0.25, 0.3) is 5.56 Å². The third-order valence-electron chi connectivity index (χ3n) is 5.27. The monoisotopic (exact) mass is 462 g/mol. The lowest BCUT2D eigenvalue weighted by Crippen LogP contribution is -2.21. The van der Waals surface area contributed by atoms with E-state index in [1.807, 2.05) is 36.4 Å². The Morgan fingerprint density at radius 2 is 1.79 bits per heavy atom. The number of hydrogen-bond donors (Lipinski definition) is 0. The molecule has 4 aromatic rings. The summed E-state index contributed by atoms with van der Waals surface area (Å²) >= 11 is 1.16. The van der Waals surface area contributed by atoms with Crippen LogP contribution in [-0.2, 0) is 22.4 Å². The molecule has 0 atom stereocenters. The lowest BCUT2D eigenvalue weighted by Gasteiger charge is -2.07. The molecule has 0 radical (unpaired) electrons. The fourth-order valence-electron chi connectivity index (χ4n) is 3.55. The summed E-state index contributed by atoms with van der Waals surface area (Å²) in [5.41, 5.74) is 2.56. The van der Waals surface area contributed by atoms with Crippen molar-refractivity contribution >= 4 is 33.5 Å². The Kier molecular flexibility index (Phi) is 6.65. The quantitative estimate of drug-likeness (QED) is 0.386. The Labute approximate surface area is 194 Å². The smallest absolute Gasteiger partial charge is 0.348 e. The normalized spacial score (nSPS) is 10.8. The molecule has 4 rings (SSSR count). The number of aromatic nitrogens is 2. The lowest BCUT2D eigenvalue weighted by molar-refractivity contribution is 0.0513. The number of hydrogen-bond acceptors (Lipinski definition) is 7. The number of thiophene rings is 1. The predicted octanol–water partition coefficient (Wildman–Crippen LogP) is 4.00. The maximum Gasteiger partial charge on any atom is 0.348 e. The van der Waals surface area contributed by atoms with E-state index in [4.69, 9.17) is 9.47 Å². The topological polar surface area (TPSA) is 87.5 Å². The molecule has 0 spiro atoms. The molecule has 2 aromatic heterocycles. The molecule has 168 valence electrons. The van der Waals surface area contributed by atoms with Crippen LogP contribution in [0.3, 0.4) is 0 Å². The van der Waals surface area contributed by atoms with E-state index in [-0.39, 0.29) is 18.7 Å². The number of carbonyl (C=O) groups is 2. The Morgan fingerprint density at radius 3 is 2.55 bits per heavy atom. The van der Waals surface area contributed by atoms with Crippen LogP contribution < -0.4 is 5.56 Å². The number of fused-ring (bicyclic) bond motifs is 1. The van der Waals surface area contributed by atoms with Crippen molar-refractivity contribution in [2.24, 2.45) is 0 Å². The highest BCUT2D eigenvalue weighted by Crippen LogP contribution is 2.27. The lowest BCUT2D eigenvalue weighted by atomic mass is 10.1. The van der Waals surface area contributed by atoms with Gasteiger partial charge in [-0.25, -0.2) is 14.6 Å². The van der Waals surface area contributed by atoms with Gasteiger partial charge in [-0.2, -0.15) is 0 Å². The molecule has 2 heterocycles. The van der Waals surface area contributed by atoms with Gasteiger partial charge in [-0.3, -0.25) is 9.36 Å². The number of benzene rings is 2. The maximum absolute atomic E-state index is 13.1. The summed E-state index contributed by atoms with van der Waals surface area (Å²) in [4.78, 5) is 42.8. The predicted molar refractivity (Wildman–Crippen MR) is 126 cm³/mol. The highest BCUT2D eigenvalue weighted by molar-refractivity contribution is 7.20. The number of carbonyl (C=O) groups excluding carboxylic acids is 2. The molecule has 8 heteroatoms. The Hall–Kier alpha value is -3.78. The molecule has 0 fully saturated rings. The first kappa shape index (κ1) is 22.4. The Balaban J connectivity index is 1.54. The van der Waals surface area contributed by atoms with Gasteiger partial charge in [-0.15, -0.1) is 11.3 Å². The summed E-state index contributed by atoms with van der Waals surface area (Å²) in [5.74, 6) is -0.898. The van der Waals surface area contributed by atoms with Gasteiger partial charge in [0.15, 0.2) is 0 Å². The largest absolute Gasteiger partial charge is 0.465 e. The van der Waals surface area contributed by atoms with Crippen LogP contribution in [0, 0.1) is 6.92 Å². The maximum atomic E-state index is 13.1. The summed E-state index contributed by atoms with van der Waals surface area (Å²) in [7, 11) is 1.32. The molecule has 0 bridgehead atoms. The number of ether oxygens (including phenoxy) is 2. The van der Waals surface area contributed by atoms with Crippen molar-refractivity contribution in [3.05, 3.63) is 98.4 Å². The minimum Gasteiger partial charge on any atom is -0.465 e. The van der Waals surface area contributed by atoms with Crippen LogP contribution >= 0.6 is 11.3 Å². The third-order valence-corrected chi connectivity index (χ3v) is 6.45. The summed E-state index contributed by atoms with van der Waals surface area (Å²) in [6, 6.07) is 16.7. The number of nitrogens with zero attached hydrogens (tertiary/aromatic N) is 2. The van der Waals surface area contributed by atoms with E-state index in [9.17, 15) is 14.4 Å². The molecule has 0 aliphatic heterocycles. The molecular weight excluding hydrogens is 440 g/mol. The van der Waals surface area contributed by atoms with Crippen molar-refractivity contribution in [3.63, 3.8) is 0 Å². The summed E-state index contributed by atoms with van der Waals surface area (Å²) in [6.45, 7) is 2.22. The first-order valence-corrected chi connectivity index (χ1v) is 11.2. The zero-order chi connectivity index (χ0) is 23.4. The van der Waals surface area contributed by atoms with Crippen LogP contribution in [0.1, 0.15) is 36.7 Å². The summed E-state index contributed by atoms with van der Waals surface area (Å²) in [5, 5.41) is 0.404. The van der Waals surface area contributed by atoms with E-state index < -0.39 is 11.9 Å². The number of methoxy groups -OCH3 is 1. The van der Waals surface area contributed by atoms with Gasteiger partial charge in [0, 0.05) is 6.42 Å². The molecule has 0 amide bonds. The van der Waals surface area contributed by atoms with Crippen LogP contribution in [0.15, 0.2) is 65.7 Å². The second-order valence-corrected chi connectivity index (χ2v) is 8.48. The fourth-order valence-corrected chi connectivity index (χ4v) is 4.58. The molecule has 0 unspecified atom stereocenters. The minimum absolute atomic E-state index is 0.235. The van der Waals surface area contributed by atoms with E-state index in [1.54, 1.807) is 25.1 Å². The third kappa shape index (κ3) is 4.85. The molecule has 0 saturated carbocycles. The van der Waals surface area contributed by atoms with Gasteiger partial charge in [0.05, 0.1) is 37.5 Å². The number of aryl methyl sites for hydroxylation is 1. The SMILES string of the molecule is COC(=O)c1cccc(Cn2cnc3sc(C(=O)OCCc4ccccc4)c(C)c3c2=O)c1. The molecule has 0 aliphatic rings. The highest BCUT2D eigenvalue weighted by Gasteiger charge is 2.20. The molecule has 0 saturated heterocycles. The van der Waals surface area contributed by atoms with Crippen LogP contribution in [0.4, 0.5) is 0 Å². The second kappa shape index (κ2) is 9.79. The van der Waals surface area contributed by atoms with Crippen LogP contribution in [0.2, 0.25) is 0 Å². The number of rotatable bonds is 7. The first-order valence-electron chi connectivity index (χ1n) is 10.3. The van der Waals surface area contributed by atoms with E-state index in [0.717, 1.165) is 22.5 Å². The van der Waals surface area contributed by atoms with Gasteiger partial charge >= 0.3 is 11.9 Å². The molecule has 2 aromatic carbocycles. The number of esters is 2. The Morgan fingerprint density at radius 1 is 1.03 bits per heavy atom. The minimum atomic E-state index is -0.455. The van der Waals surface area contributed by atoms with Gasteiger partial charge in [-0.05, 0) is 35.7 Å². The van der Waals surface area contributed by atoms with E-state index in [1.165, 1.54) is 18.0 Å². The van der Waals surface area contributed by atoms with Crippen LogP contribution in [0.5, 0.6) is 0 Å².